The molecular formula is C21H21NO4. The van der Waals surface area contributed by atoms with Gasteiger partial charge < -0.3 is 14.2 Å². The quantitative estimate of drug-likeness (QED) is 0.432. The molecule has 0 aliphatic carbocycles. The molecule has 0 aromatic heterocycles. The summed E-state index contributed by atoms with van der Waals surface area (Å²) in [5, 5.41) is 9.03. The molecule has 0 radical (unpaired) electrons. The Hall–Kier alpha value is -3.10. The van der Waals surface area contributed by atoms with Crippen molar-refractivity contribution in [2.45, 2.75) is 20.1 Å². The molecule has 0 bridgehead atoms. The van der Waals surface area contributed by atoms with Crippen LogP contribution in [0, 0.1) is 18.3 Å². The Morgan fingerprint density at radius 2 is 1.85 bits per heavy atom. The van der Waals surface area contributed by atoms with Gasteiger partial charge in [-0.2, -0.15) is 5.26 Å². The molecule has 0 unspecified atom stereocenters. The van der Waals surface area contributed by atoms with Gasteiger partial charge in [-0.1, -0.05) is 30.3 Å². The van der Waals surface area contributed by atoms with E-state index in [2.05, 4.69) is 6.07 Å². The first-order valence-corrected chi connectivity index (χ1v) is 8.07. The van der Waals surface area contributed by atoms with Gasteiger partial charge >= 0.3 is 5.97 Å². The van der Waals surface area contributed by atoms with Crippen molar-refractivity contribution < 1.29 is 19.0 Å². The van der Waals surface area contributed by atoms with Crippen molar-refractivity contribution in [1.82, 2.24) is 0 Å². The van der Waals surface area contributed by atoms with Crippen LogP contribution in [0.5, 0.6) is 0 Å². The summed E-state index contributed by atoms with van der Waals surface area (Å²) >= 11 is 0. The van der Waals surface area contributed by atoms with Crippen molar-refractivity contribution in [1.29, 1.82) is 5.26 Å². The monoisotopic (exact) mass is 351 g/mol. The lowest BCUT2D eigenvalue weighted by atomic mass is 10.0. The fourth-order valence-electron chi connectivity index (χ4n) is 2.53. The Morgan fingerprint density at radius 1 is 1.12 bits per heavy atom. The maximum Gasteiger partial charge on any atom is 0.341 e. The third-order valence-electron chi connectivity index (χ3n) is 3.94. The lowest BCUT2D eigenvalue weighted by Gasteiger charge is -2.13. The zero-order valence-corrected chi connectivity index (χ0v) is 15.1. The van der Waals surface area contributed by atoms with Gasteiger partial charge in [-0.05, 0) is 41.3 Å². The average Bonchev–Trinajstić information content (AvgIpc) is 2.67. The Morgan fingerprint density at radius 3 is 2.54 bits per heavy atom. The molecule has 0 N–H and O–H groups in total. The minimum Gasteiger partial charge on any atom is -0.503 e. The molecule has 2 aromatic rings. The van der Waals surface area contributed by atoms with Gasteiger partial charge in [-0.3, -0.25) is 0 Å². The number of rotatable bonds is 7. The summed E-state index contributed by atoms with van der Waals surface area (Å²) in [6.45, 7) is 2.66. The summed E-state index contributed by atoms with van der Waals surface area (Å²) in [4.78, 5) is 12.0. The minimum absolute atomic E-state index is 0.310. The molecule has 134 valence electrons. The molecule has 0 spiro atoms. The largest absolute Gasteiger partial charge is 0.503 e. The van der Waals surface area contributed by atoms with Gasteiger partial charge in [0.1, 0.15) is 5.57 Å². The van der Waals surface area contributed by atoms with Crippen molar-refractivity contribution in [3.05, 3.63) is 76.5 Å². The smallest absolute Gasteiger partial charge is 0.341 e. The number of hydrogen-bond donors (Lipinski definition) is 0. The van der Waals surface area contributed by atoms with Crippen LogP contribution in [0.25, 0.3) is 5.57 Å². The lowest BCUT2D eigenvalue weighted by molar-refractivity contribution is -0.133. The van der Waals surface area contributed by atoms with E-state index in [-0.39, 0.29) is 0 Å². The van der Waals surface area contributed by atoms with Gasteiger partial charge in [0, 0.05) is 0 Å². The Labute approximate surface area is 153 Å². The van der Waals surface area contributed by atoms with E-state index in [1.165, 1.54) is 20.5 Å². The first kappa shape index (κ1) is 19.2. The van der Waals surface area contributed by atoms with E-state index in [0.717, 1.165) is 16.7 Å². The van der Waals surface area contributed by atoms with E-state index in [1.807, 2.05) is 43.3 Å². The predicted octanol–water partition coefficient (Wildman–Crippen LogP) is 3.74. The second-order valence-corrected chi connectivity index (χ2v) is 5.66. The lowest BCUT2D eigenvalue weighted by Crippen LogP contribution is -2.08. The minimum atomic E-state index is -0.475. The molecule has 2 rings (SSSR count). The highest BCUT2D eigenvalue weighted by atomic mass is 16.5. The fourth-order valence-corrected chi connectivity index (χ4v) is 2.53. The summed E-state index contributed by atoms with van der Waals surface area (Å²) in [6, 6.07) is 15.1. The van der Waals surface area contributed by atoms with Crippen molar-refractivity contribution in [2.24, 2.45) is 0 Å². The van der Waals surface area contributed by atoms with Crippen molar-refractivity contribution in [3.8, 4) is 6.07 Å². The molecule has 5 heteroatoms. The summed E-state index contributed by atoms with van der Waals surface area (Å²) in [7, 11) is 2.81. The molecule has 26 heavy (non-hydrogen) atoms. The Balaban J connectivity index is 2.18. The van der Waals surface area contributed by atoms with Crippen LogP contribution < -0.4 is 0 Å². The summed E-state index contributed by atoms with van der Waals surface area (Å²) in [6.07, 6.45) is 1.37. The number of carbonyl (C=O) groups is 1. The first-order valence-electron chi connectivity index (χ1n) is 8.07. The SMILES string of the molecule is CO/C=C(/C(=O)OC)c1ccccc1COCc1cc(C#N)ccc1C. The van der Waals surface area contributed by atoms with E-state index in [0.29, 0.717) is 29.9 Å². The predicted molar refractivity (Wildman–Crippen MR) is 97.8 cm³/mol. The number of benzene rings is 2. The van der Waals surface area contributed by atoms with Crippen molar-refractivity contribution >= 4 is 11.5 Å². The standard InChI is InChI=1S/C21H21NO4/c1-15-8-9-16(11-22)10-18(15)13-26-12-17-6-4-5-7-19(17)20(14-24-2)21(23)25-3/h4-10,14H,12-13H2,1-3H3/b20-14+. The van der Waals surface area contributed by atoms with Crippen LogP contribution in [-0.2, 0) is 32.2 Å². The highest BCUT2D eigenvalue weighted by molar-refractivity contribution is 6.16. The molecule has 0 aliphatic heterocycles. The van der Waals surface area contributed by atoms with Gasteiger partial charge in [-0.15, -0.1) is 0 Å². The van der Waals surface area contributed by atoms with Crippen LogP contribution in [0.1, 0.15) is 27.8 Å². The Kier molecular flexibility index (Phi) is 6.95. The van der Waals surface area contributed by atoms with Crippen molar-refractivity contribution in [2.75, 3.05) is 14.2 Å². The summed E-state index contributed by atoms with van der Waals surface area (Å²) in [5.74, 6) is -0.475. The van der Waals surface area contributed by atoms with Crippen LogP contribution in [0.3, 0.4) is 0 Å². The molecule has 0 heterocycles. The number of hydrogen-bond acceptors (Lipinski definition) is 5. The summed E-state index contributed by atoms with van der Waals surface area (Å²) < 4.78 is 15.7. The van der Waals surface area contributed by atoms with Crippen LogP contribution in [0.2, 0.25) is 0 Å². The van der Waals surface area contributed by atoms with Crippen LogP contribution >= 0.6 is 0 Å². The van der Waals surface area contributed by atoms with Crippen LogP contribution in [-0.4, -0.2) is 20.2 Å². The number of aryl methyl sites for hydroxylation is 1. The Bertz CT molecular complexity index is 849. The molecule has 5 nitrogen and oxygen atoms in total. The fraction of sp³-hybridized carbons (Fsp3) is 0.238. The molecule has 0 amide bonds. The number of nitriles is 1. The number of carbonyl (C=O) groups excluding carboxylic acids is 1. The third kappa shape index (κ3) is 4.71. The average molecular weight is 351 g/mol. The normalized spacial score (nSPS) is 10.9. The van der Waals surface area contributed by atoms with Gasteiger partial charge in [0.25, 0.3) is 0 Å². The molecule has 0 aliphatic rings. The van der Waals surface area contributed by atoms with E-state index in [9.17, 15) is 4.79 Å². The van der Waals surface area contributed by atoms with E-state index in [1.54, 1.807) is 6.07 Å². The topological polar surface area (TPSA) is 68.6 Å². The highest BCUT2D eigenvalue weighted by Crippen LogP contribution is 2.22. The number of nitrogens with zero attached hydrogens (tertiary/aromatic N) is 1. The highest BCUT2D eigenvalue weighted by Gasteiger charge is 2.16. The molecule has 0 saturated carbocycles. The van der Waals surface area contributed by atoms with E-state index < -0.39 is 5.97 Å². The molecule has 0 fully saturated rings. The number of methoxy groups -OCH3 is 2. The van der Waals surface area contributed by atoms with E-state index >= 15 is 0 Å². The van der Waals surface area contributed by atoms with Crippen LogP contribution in [0.15, 0.2) is 48.7 Å². The maximum absolute atomic E-state index is 12.0. The van der Waals surface area contributed by atoms with Gasteiger partial charge in [0.05, 0.1) is 45.3 Å². The molecule has 0 atom stereocenters. The molecular weight excluding hydrogens is 330 g/mol. The zero-order valence-electron chi connectivity index (χ0n) is 15.1. The molecule has 2 aromatic carbocycles. The van der Waals surface area contributed by atoms with Crippen molar-refractivity contribution in [3.63, 3.8) is 0 Å². The first-order chi connectivity index (χ1) is 12.6. The van der Waals surface area contributed by atoms with Gasteiger partial charge in [0.15, 0.2) is 0 Å². The second kappa shape index (κ2) is 9.40. The van der Waals surface area contributed by atoms with Crippen LogP contribution in [0.4, 0.5) is 0 Å². The third-order valence-corrected chi connectivity index (χ3v) is 3.94. The van der Waals surface area contributed by atoms with Gasteiger partial charge in [0.2, 0.25) is 0 Å². The number of ether oxygens (including phenoxy) is 3. The maximum atomic E-state index is 12.0. The number of esters is 1. The molecule has 0 saturated heterocycles. The van der Waals surface area contributed by atoms with E-state index in [4.69, 9.17) is 19.5 Å². The summed E-state index contributed by atoms with van der Waals surface area (Å²) in [5.41, 5.74) is 4.50. The second-order valence-electron chi connectivity index (χ2n) is 5.66. The zero-order chi connectivity index (χ0) is 18.9. The van der Waals surface area contributed by atoms with Gasteiger partial charge in [-0.25, -0.2) is 4.79 Å².